The molecular formula is C30H38ClN7O7. The van der Waals surface area contributed by atoms with Crippen molar-refractivity contribution in [3.63, 3.8) is 0 Å². The Kier molecular flexibility index (Phi) is 9.06. The Labute approximate surface area is 265 Å². The lowest BCUT2D eigenvalue weighted by atomic mass is 10.0. The third-order valence-corrected chi connectivity index (χ3v) is 8.59. The number of tetrazole rings is 1. The monoisotopic (exact) mass is 643 g/mol. The Hall–Kier alpha value is -4.20. The second-order valence-electron chi connectivity index (χ2n) is 12.8. The van der Waals surface area contributed by atoms with Crippen molar-refractivity contribution < 1.29 is 34.1 Å². The smallest absolute Gasteiger partial charge is 0.408 e. The van der Waals surface area contributed by atoms with E-state index in [9.17, 15) is 29.4 Å². The van der Waals surface area contributed by atoms with Crippen molar-refractivity contribution >= 4 is 35.5 Å². The van der Waals surface area contributed by atoms with Gasteiger partial charge in [0.25, 0.3) is 0 Å². The van der Waals surface area contributed by atoms with Crippen LogP contribution in [0, 0.1) is 5.92 Å². The predicted octanol–water partition coefficient (Wildman–Crippen LogP) is 3.21. The van der Waals surface area contributed by atoms with Crippen molar-refractivity contribution in [2.45, 2.75) is 95.0 Å². The van der Waals surface area contributed by atoms with Crippen LogP contribution in [0.5, 0.6) is 5.75 Å². The number of aliphatic carboxylic acids is 1. The summed E-state index contributed by atoms with van der Waals surface area (Å²) in [5.41, 5.74) is -1.74. The lowest BCUT2D eigenvalue weighted by Gasteiger charge is -2.30. The highest BCUT2D eigenvalue weighted by molar-refractivity contribution is 6.32. The molecule has 1 aromatic carbocycles. The zero-order valence-electron chi connectivity index (χ0n) is 25.4. The number of hydrogen-bond acceptors (Lipinski definition) is 9. The van der Waals surface area contributed by atoms with Crippen LogP contribution in [0.25, 0.3) is 11.4 Å². The average Bonchev–Trinajstić information content (AvgIpc) is 3.28. The average molecular weight is 644 g/mol. The number of benzene rings is 1. The molecule has 45 heavy (non-hydrogen) atoms. The SMILES string of the molecule is CC(C)(C)OC(=O)N[C@H]1CCCCC/C=C\[C@@H]2C[C@]2(C(=O)O)NC(=O)[C@@H]2C[C@H](n3nnc(-c4ccc(O)c(Cl)c4)n3)CN2C1=O. The van der Waals surface area contributed by atoms with Gasteiger partial charge in [0, 0.05) is 24.4 Å². The highest BCUT2D eigenvalue weighted by Crippen LogP contribution is 2.45. The first-order chi connectivity index (χ1) is 21.3. The largest absolute Gasteiger partial charge is 0.506 e. The Morgan fingerprint density at radius 1 is 1.20 bits per heavy atom. The first-order valence-electron chi connectivity index (χ1n) is 15.1. The minimum absolute atomic E-state index is 0.0129. The van der Waals surface area contributed by atoms with Gasteiger partial charge in [-0.3, -0.25) is 9.59 Å². The van der Waals surface area contributed by atoms with Gasteiger partial charge < -0.3 is 30.5 Å². The van der Waals surface area contributed by atoms with Gasteiger partial charge in [0.1, 0.15) is 29.0 Å². The quantitative estimate of drug-likeness (QED) is 0.360. The molecule has 1 saturated carbocycles. The molecule has 5 rings (SSSR count). The first kappa shape index (κ1) is 32.2. The number of carboxylic acid groups (broad SMARTS) is 1. The van der Waals surface area contributed by atoms with E-state index in [1.165, 1.54) is 21.8 Å². The lowest BCUT2D eigenvalue weighted by Crippen LogP contribution is -2.56. The number of aromatic nitrogens is 4. The van der Waals surface area contributed by atoms with E-state index in [0.717, 1.165) is 19.3 Å². The normalized spacial score (nSPS) is 28.1. The molecule has 2 fully saturated rings. The number of hydrogen-bond donors (Lipinski definition) is 4. The summed E-state index contributed by atoms with van der Waals surface area (Å²) in [6.45, 7) is 5.18. The number of aromatic hydroxyl groups is 1. The number of phenols is 1. The Morgan fingerprint density at radius 2 is 1.98 bits per heavy atom. The summed E-state index contributed by atoms with van der Waals surface area (Å²) < 4.78 is 5.43. The van der Waals surface area contributed by atoms with E-state index >= 15 is 0 Å². The number of halogens is 1. The Morgan fingerprint density at radius 3 is 2.69 bits per heavy atom. The number of nitrogens with zero attached hydrogens (tertiary/aromatic N) is 5. The summed E-state index contributed by atoms with van der Waals surface area (Å²) in [7, 11) is 0. The second kappa shape index (κ2) is 12.7. The summed E-state index contributed by atoms with van der Waals surface area (Å²) in [4.78, 5) is 55.7. The number of alkyl carbamates (subject to hydrolysis) is 1. The molecule has 0 bridgehead atoms. The van der Waals surface area contributed by atoms with Gasteiger partial charge in [-0.2, -0.15) is 4.80 Å². The zero-order valence-corrected chi connectivity index (χ0v) is 26.2. The van der Waals surface area contributed by atoms with Gasteiger partial charge in [0.2, 0.25) is 17.6 Å². The maximum atomic E-state index is 14.1. The number of ether oxygens (including phenoxy) is 1. The van der Waals surface area contributed by atoms with Gasteiger partial charge in [0.05, 0.1) is 11.1 Å². The van der Waals surface area contributed by atoms with Gasteiger partial charge in [-0.25, -0.2) is 9.59 Å². The van der Waals surface area contributed by atoms with Crippen LogP contribution in [0.1, 0.15) is 71.8 Å². The fraction of sp³-hybridized carbons (Fsp3) is 0.567. The molecule has 1 aromatic heterocycles. The molecule has 0 unspecified atom stereocenters. The van der Waals surface area contributed by atoms with Crippen molar-refractivity contribution in [2.24, 2.45) is 5.92 Å². The maximum absolute atomic E-state index is 14.1. The fourth-order valence-corrected chi connectivity index (χ4v) is 6.02. The number of carboxylic acids is 1. The lowest BCUT2D eigenvalue weighted by molar-refractivity contribution is -0.145. The summed E-state index contributed by atoms with van der Waals surface area (Å²) in [5.74, 6) is -2.47. The van der Waals surface area contributed by atoms with Gasteiger partial charge in [0.15, 0.2) is 0 Å². The van der Waals surface area contributed by atoms with E-state index in [4.69, 9.17) is 16.3 Å². The van der Waals surface area contributed by atoms with Gasteiger partial charge in [-0.05, 0) is 69.9 Å². The Balaban J connectivity index is 1.45. The number of amides is 3. The number of phenolic OH excluding ortho intramolecular Hbond substituents is 1. The van der Waals surface area contributed by atoms with E-state index in [1.807, 2.05) is 12.2 Å². The van der Waals surface area contributed by atoms with Crippen molar-refractivity contribution in [3.05, 3.63) is 35.4 Å². The van der Waals surface area contributed by atoms with E-state index in [-0.39, 0.29) is 41.9 Å². The first-order valence-corrected chi connectivity index (χ1v) is 15.5. The summed E-state index contributed by atoms with van der Waals surface area (Å²) in [6, 6.07) is 1.85. The third kappa shape index (κ3) is 7.21. The van der Waals surface area contributed by atoms with E-state index in [0.29, 0.717) is 18.4 Å². The van der Waals surface area contributed by atoms with Crippen LogP contribution in [0.3, 0.4) is 0 Å². The number of fused-ring (bicyclic) bond motifs is 2. The summed E-state index contributed by atoms with van der Waals surface area (Å²) >= 11 is 6.05. The molecule has 2 aromatic rings. The molecule has 0 spiro atoms. The minimum atomic E-state index is -1.45. The van der Waals surface area contributed by atoms with Crippen molar-refractivity contribution in [2.75, 3.05) is 6.54 Å². The van der Waals surface area contributed by atoms with Crippen molar-refractivity contribution in [1.82, 2.24) is 35.7 Å². The molecule has 3 heterocycles. The predicted molar refractivity (Wildman–Crippen MR) is 161 cm³/mol. The Bertz CT molecular complexity index is 1510. The molecule has 14 nitrogen and oxygen atoms in total. The van der Waals surface area contributed by atoms with E-state index < -0.39 is 53.1 Å². The van der Waals surface area contributed by atoms with Crippen molar-refractivity contribution in [3.8, 4) is 17.1 Å². The molecule has 4 N–H and O–H groups in total. The van der Waals surface area contributed by atoms with Crippen LogP contribution in [0.2, 0.25) is 5.02 Å². The van der Waals surface area contributed by atoms with E-state index in [1.54, 1.807) is 26.8 Å². The number of rotatable bonds is 4. The third-order valence-electron chi connectivity index (χ3n) is 8.29. The van der Waals surface area contributed by atoms with Crippen LogP contribution in [-0.2, 0) is 19.1 Å². The van der Waals surface area contributed by atoms with Gasteiger partial charge in [-0.1, -0.05) is 36.6 Å². The number of carbonyl (C=O) groups is 4. The van der Waals surface area contributed by atoms with Gasteiger partial charge in [-0.15, -0.1) is 10.2 Å². The van der Waals surface area contributed by atoms with Crippen LogP contribution in [0.4, 0.5) is 4.79 Å². The van der Waals surface area contributed by atoms with Crippen LogP contribution in [-0.4, -0.2) is 89.0 Å². The highest BCUT2D eigenvalue weighted by atomic mass is 35.5. The number of carbonyl (C=O) groups excluding carboxylic acids is 3. The summed E-state index contributed by atoms with van der Waals surface area (Å²) in [6.07, 6.45) is 6.68. The molecule has 242 valence electrons. The molecule has 1 aliphatic carbocycles. The molecule has 0 radical (unpaired) electrons. The second-order valence-corrected chi connectivity index (χ2v) is 13.2. The topological polar surface area (TPSA) is 189 Å². The molecule has 3 aliphatic rings. The van der Waals surface area contributed by atoms with Gasteiger partial charge >= 0.3 is 12.1 Å². The standard InChI is InChI=1S/C30H38ClN7O7/c1-29(2,3)45-28(44)32-21-10-8-6-4-5-7-9-18-15-30(18,27(42)43)33-25(40)22-14-19(16-37(22)26(21)41)38-35-24(34-36-38)17-11-12-23(39)20(31)13-17/h7,9,11-13,18-19,21-22,39H,4-6,8,10,14-16H2,1-3H3,(H,32,44)(H,33,40)(H,42,43)/b9-7-/t18-,19+,21+,22+,30+/m1/s1. The van der Waals surface area contributed by atoms with E-state index in [2.05, 4.69) is 26.0 Å². The summed E-state index contributed by atoms with van der Waals surface area (Å²) in [5, 5.41) is 38.1. The molecule has 5 atom stereocenters. The maximum Gasteiger partial charge on any atom is 0.408 e. The molecule has 15 heteroatoms. The molecular weight excluding hydrogens is 606 g/mol. The number of allylic oxidation sites excluding steroid dienone is 1. The molecule has 3 amide bonds. The fourth-order valence-electron chi connectivity index (χ4n) is 5.84. The minimum Gasteiger partial charge on any atom is -0.506 e. The molecule has 2 aliphatic heterocycles. The number of nitrogens with one attached hydrogen (secondary N) is 2. The van der Waals surface area contributed by atoms with Crippen LogP contribution >= 0.6 is 11.6 Å². The highest BCUT2D eigenvalue weighted by Gasteiger charge is 2.61. The van der Waals surface area contributed by atoms with Crippen LogP contribution in [0.15, 0.2) is 30.4 Å². The van der Waals surface area contributed by atoms with Crippen LogP contribution < -0.4 is 10.6 Å². The molecule has 1 saturated heterocycles. The zero-order chi connectivity index (χ0) is 32.5. The van der Waals surface area contributed by atoms with Crippen molar-refractivity contribution in [1.29, 1.82) is 0 Å².